The van der Waals surface area contributed by atoms with Crippen LogP contribution in [-0.2, 0) is 7.05 Å². The van der Waals surface area contributed by atoms with E-state index >= 15 is 0 Å². The van der Waals surface area contributed by atoms with E-state index in [9.17, 15) is 5.26 Å². The Morgan fingerprint density at radius 3 is 2.58 bits per heavy atom. The number of nitriles is 1. The normalized spacial score (nSPS) is 10.3. The molecule has 2 heterocycles. The molecule has 0 unspecified atom stereocenters. The van der Waals surface area contributed by atoms with Gasteiger partial charge in [-0.15, -0.1) is 0 Å². The van der Waals surface area contributed by atoms with Gasteiger partial charge < -0.3 is 0 Å². The lowest BCUT2D eigenvalue weighted by Gasteiger charge is -1.99. The summed E-state index contributed by atoms with van der Waals surface area (Å²) in [5.74, 6) is 0. The number of hydrogen-bond acceptors (Lipinski definition) is 3. The number of para-hydroxylation sites is 1. The molecule has 92 valence electrons. The molecule has 0 saturated carbocycles. The molecule has 0 aliphatic rings. The first-order chi connectivity index (χ1) is 9.29. The molecule has 0 aliphatic heterocycles. The van der Waals surface area contributed by atoms with Crippen LogP contribution in [0.25, 0.3) is 16.9 Å². The third-order valence-corrected chi connectivity index (χ3v) is 2.94. The quantitative estimate of drug-likeness (QED) is 0.699. The molecule has 2 aromatic heterocycles. The van der Waals surface area contributed by atoms with E-state index in [0.717, 1.165) is 16.9 Å². The molecule has 0 bridgehead atoms. The fraction of sp³-hybridized carbons (Fsp3) is 0.0714. The Balaban J connectivity index is 2.15. The second kappa shape index (κ2) is 4.42. The molecule has 0 saturated heterocycles. The molecule has 3 aromatic rings. The van der Waals surface area contributed by atoms with E-state index in [4.69, 9.17) is 0 Å². The number of nitrogens with zero attached hydrogens (tertiary/aromatic N) is 5. The lowest BCUT2D eigenvalue weighted by atomic mass is 10.2. The standard InChI is InChI=1S/C14H11N5/c1-18-14(7-8-16-18)12-10-19(17-13(12)9-15)11-5-3-2-4-6-11/h2-8,10H,1H3. The topological polar surface area (TPSA) is 59.4 Å². The molecule has 0 amide bonds. The summed E-state index contributed by atoms with van der Waals surface area (Å²) in [5.41, 5.74) is 2.98. The second-order valence-electron chi connectivity index (χ2n) is 4.12. The van der Waals surface area contributed by atoms with Gasteiger partial charge in [0.1, 0.15) is 6.07 Å². The number of aryl methyl sites for hydroxylation is 1. The maximum absolute atomic E-state index is 9.21. The van der Waals surface area contributed by atoms with Crippen LogP contribution in [-0.4, -0.2) is 19.6 Å². The molecule has 0 radical (unpaired) electrons. The molecule has 5 heteroatoms. The Morgan fingerprint density at radius 1 is 1.16 bits per heavy atom. The summed E-state index contributed by atoms with van der Waals surface area (Å²) in [6, 6.07) is 13.7. The lowest BCUT2D eigenvalue weighted by Crippen LogP contribution is -1.93. The highest BCUT2D eigenvalue weighted by Crippen LogP contribution is 2.23. The van der Waals surface area contributed by atoms with Crippen LogP contribution >= 0.6 is 0 Å². The predicted molar refractivity (Wildman–Crippen MR) is 70.5 cm³/mol. The monoisotopic (exact) mass is 249 g/mol. The third kappa shape index (κ3) is 1.89. The van der Waals surface area contributed by atoms with Crippen molar-refractivity contribution in [2.45, 2.75) is 0 Å². The Hall–Kier alpha value is -2.87. The van der Waals surface area contributed by atoms with Crippen molar-refractivity contribution in [3.05, 3.63) is 54.5 Å². The van der Waals surface area contributed by atoms with Crippen LogP contribution in [0.4, 0.5) is 0 Å². The summed E-state index contributed by atoms with van der Waals surface area (Å²) in [6.45, 7) is 0. The number of aromatic nitrogens is 4. The van der Waals surface area contributed by atoms with Crippen molar-refractivity contribution in [1.82, 2.24) is 19.6 Å². The minimum atomic E-state index is 0.396. The van der Waals surface area contributed by atoms with Gasteiger partial charge in [0, 0.05) is 19.4 Å². The van der Waals surface area contributed by atoms with Crippen LogP contribution in [0.1, 0.15) is 5.69 Å². The fourth-order valence-electron chi connectivity index (χ4n) is 2.00. The molecule has 0 spiro atoms. The Bertz CT molecular complexity index is 746. The van der Waals surface area contributed by atoms with E-state index in [1.54, 1.807) is 15.6 Å². The van der Waals surface area contributed by atoms with E-state index in [1.165, 1.54) is 0 Å². The molecule has 0 atom stereocenters. The molecule has 1 aromatic carbocycles. The number of hydrogen-bond donors (Lipinski definition) is 0. The molecule has 5 nitrogen and oxygen atoms in total. The average Bonchev–Trinajstić information content (AvgIpc) is 3.05. The van der Waals surface area contributed by atoms with Crippen molar-refractivity contribution in [3.8, 4) is 23.0 Å². The van der Waals surface area contributed by atoms with E-state index in [2.05, 4.69) is 16.3 Å². The van der Waals surface area contributed by atoms with Gasteiger partial charge in [0.15, 0.2) is 5.69 Å². The minimum absolute atomic E-state index is 0.396. The van der Waals surface area contributed by atoms with Gasteiger partial charge in [-0.3, -0.25) is 4.68 Å². The zero-order valence-corrected chi connectivity index (χ0v) is 10.4. The highest BCUT2D eigenvalue weighted by molar-refractivity contribution is 5.65. The van der Waals surface area contributed by atoms with Gasteiger partial charge in [-0.1, -0.05) is 18.2 Å². The molecular weight excluding hydrogens is 238 g/mol. The fourth-order valence-corrected chi connectivity index (χ4v) is 2.00. The van der Waals surface area contributed by atoms with Crippen molar-refractivity contribution >= 4 is 0 Å². The van der Waals surface area contributed by atoms with Gasteiger partial charge in [0.25, 0.3) is 0 Å². The van der Waals surface area contributed by atoms with Crippen molar-refractivity contribution in [2.75, 3.05) is 0 Å². The van der Waals surface area contributed by atoms with Crippen LogP contribution in [0.5, 0.6) is 0 Å². The van der Waals surface area contributed by atoms with Crippen LogP contribution in [0, 0.1) is 11.3 Å². The third-order valence-electron chi connectivity index (χ3n) is 2.94. The molecule has 0 aliphatic carbocycles. The second-order valence-corrected chi connectivity index (χ2v) is 4.12. The Morgan fingerprint density at radius 2 is 1.95 bits per heavy atom. The predicted octanol–water partition coefficient (Wildman–Crippen LogP) is 2.14. The number of benzene rings is 1. The first kappa shape index (κ1) is 11.2. The molecular formula is C14H11N5. The van der Waals surface area contributed by atoms with Gasteiger partial charge in [-0.25, -0.2) is 4.68 Å². The van der Waals surface area contributed by atoms with Crippen molar-refractivity contribution in [1.29, 1.82) is 5.26 Å². The summed E-state index contributed by atoms with van der Waals surface area (Å²) in [6.07, 6.45) is 3.56. The maximum atomic E-state index is 9.21. The lowest BCUT2D eigenvalue weighted by molar-refractivity contribution is 0.775. The van der Waals surface area contributed by atoms with E-state index in [1.807, 2.05) is 49.6 Å². The highest BCUT2D eigenvalue weighted by atomic mass is 15.3. The smallest absolute Gasteiger partial charge is 0.172 e. The Labute approximate surface area is 110 Å². The average molecular weight is 249 g/mol. The van der Waals surface area contributed by atoms with Gasteiger partial charge in [-0.05, 0) is 18.2 Å². The molecule has 0 N–H and O–H groups in total. The van der Waals surface area contributed by atoms with E-state index in [-0.39, 0.29) is 0 Å². The van der Waals surface area contributed by atoms with Gasteiger partial charge >= 0.3 is 0 Å². The first-order valence-electron chi connectivity index (χ1n) is 5.83. The Kier molecular flexibility index (Phi) is 2.62. The summed E-state index contributed by atoms with van der Waals surface area (Å²) in [4.78, 5) is 0. The van der Waals surface area contributed by atoms with E-state index < -0.39 is 0 Å². The summed E-state index contributed by atoms with van der Waals surface area (Å²) in [7, 11) is 1.84. The van der Waals surface area contributed by atoms with Crippen LogP contribution in [0.15, 0.2) is 48.8 Å². The maximum Gasteiger partial charge on any atom is 0.172 e. The van der Waals surface area contributed by atoms with Gasteiger partial charge in [0.05, 0.1) is 16.9 Å². The van der Waals surface area contributed by atoms with Gasteiger partial charge in [-0.2, -0.15) is 15.5 Å². The first-order valence-corrected chi connectivity index (χ1v) is 5.83. The summed E-state index contributed by atoms with van der Waals surface area (Å²) in [5, 5.41) is 17.6. The molecule has 19 heavy (non-hydrogen) atoms. The number of rotatable bonds is 2. The van der Waals surface area contributed by atoms with Crippen molar-refractivity contribution in [2.24, 2.45) is 7.05 Å². The zero-order chi connectivity index (χ0) is 13.2. The zero-order valence-electron chi connectivity index (χ0n) is 10.4. The van der Waals surface area contributed by atoms with Crippen molar-refractivity contribution in [3.63, 3.8) is 0 Å². The summed E-state index contributed by atoms with van der Waals surface area (Å²) < 4.78 is 3.44. The molecule has 3 rings (SSSR count). The van der Waals surface area contributed by atoms with Gasteiger partial charge in [0.2, 0.25) is 0 Å². The van der Waals surface area contributed by atoms with Crippen molar-refractivity contribution < 1.29 is 0 Å². The van der Waals surface area contributed by atoms with Crippen LogP contribution in [0.2, 0.25) is 0 Å². The van der Waals surface area contributed by atoms with Crippen LogP contribution < -0.4 is 0 Å². The van der Waals surface area contributed by atoms with Crippen LogP contribution in [0.3, 0.4) is 0 Å². The molecule has 0 fully saturated rings. The SMILES string of the molecule is Cn1nccc1-c1cn(-c2ccccc2)nc1C#N. The van der Waals surface area contributed by atoms with E-state index in [0.29, 0.717) is 5.69 Å². The minimum Gasteiger partial charge on any atom is -0.268 e. The highest BCUT2D eigenvalue weighted by Gasteiger charge is 2.14. The summed E-state index contributed by atoms with van der Waals surface area (Å²) >= 11 is 0. The largest absolute Gasteiger partial charge is 0.268 e.